The Labute approximate surface area is 176 Å². The number of ether oxygens (including phenoxy) is 1. The van der Waals surface area contributed by atoms with Crippen molar-refractivity contribution < 1.29 is 14.3 Å². The molecule has 0 saturated heterocycles. The van der Waals surface area contributed by atoms with Gasteiger partial charge in [-0.2, -0.15) is 0 Å². The van der Waals surface area contributed by atoms with Gasteiger partial charge in [0.1, 0.15) is 5.75 Å². The predicted molar refractivity (Wildman–Crippen MR) is 119 cm³/mol. The molecule has 0 unspecified atom stereocenters. The van der Waals surface area contributed by atoms with Crippen molar-refractivity contribution in [3.05, 3.63) is 95.6 Å². The van der Waals surface area contributed by atoms with E-state index >= 15 is 0 Å². The predicted octanol–water partition coefficient (Wildman–Crippen LogP) is 4.52. The van der Waals surface area contributed by atoms with Crippen molar-refractivity contribution >= 4 is 17.5 Å². The number of primary amides is 1. The van der Waals surface area contributed by atoms with E-state index in [9.17, 15) is 9.59 Å². The SMILES string of the molecule is C[C@@H](Oc1ccc(C(C)(C)c2ccccc2)cc1)C(=O)Nc1ccc(C(N)=O)cc1. The quantitative estimate of drug-likeness (QED) is 0.610. The molecule has 0 aliphatic heterocycles. The molecule has 0 saturated carbocycles. The Morgan fingerprint density at radius 1 is 0.867 bits per heavy atom. The summed E-state index contributed by atoms with van der Waals surface area (Å²) < 4.78 is 5.80. The highest BCUT2D eigenvalue weighted by molar-refractivity contribution is 5.96. The molecule has 30 heavy (non-hydrogen) atoms. The van der Waals surface area contributed by atoms with Crippen LogP contribution in [0.2, 0.25) is 0 Å². The first kappa shape index (κ1) is 21.1. The van der Waals surface area contributed by atoms with Crippen molar-refractivity contribution in [2.24, 2.45) is 5.73 Å². The highest BCUT2D eigenvalue weighted by atomic mass is 16.5. The van der Waals surface area contributed by atoms with Crippen molar-refractivity contribution in [1.29, 1.82) is 0 Å². The first-order chi connectivity index (χ1) is 14.3. The minimum atomic E-state index is -0.686. The molecule has 154 valence electrons. The second-order valence-electron chi connectivity index (χ2n) is 7.71. The number of rotatable bonds is 7. The van der Waals surface area contributed by atoms with E-state index in [1.54, 1.807) is 31.2 Å². The van der Waals surface area contributed by atoms with Gasteiger partial charge in [-0.25, -0.2) is 0 Å². The number of nitrogens with two attached hydrogens (primary N) is 1. The van der Waals surface area contributed by atoms with Crippen LogP contribution in [0.25, 0.3) is 0 Å². The lowest BCUT2D eigenvalue weighted by molar-refractivity contribution is -0.122. The highest BCUT2D eigenvalue weighted by Crippen LogP contribution is 2.32. The van der Waals surface area contributed by atoms with Gasteiger partial charge in [-0.1, -0.05) is 56.3 Å². The zero-order valence-corrected chi connectivity index (χ0v) is 17.4. The third kappa shape index (κ3) is 4.87. The van der Waals surface area contributed by atoms with Gasteiger partial charge in [0.15, 0.2) is 6.10 Å². The number of carbonyl (C=O) groups is 2. The standard InChI is InChI=1S/C25H26N2O3/c1-17(24(29)27-21-13-9-18(10-14-21)23(26)28)30-22-15-11-20(12-16-22)25(2,3)19-7-5-4-6-8-19/h4-17H,1-3H3,(H2,26,28)(H,27,29)/t17-/m1/s1. The Morgan fingerprint density at radius 2 is 1.43 bits per heavy atom. The lowest BCUT2D eigenvalue weighted by Crippen LogP contribution is -2.30. The Balaban J connectivity index is 1.63. The Morgan fingerprint density at radius 3 is 2.00 bits per heavy atom. The van der Waals surface area contributed by atoms with Crippen LogP contribution in [-0.4, -0.2) is 17.9 Å². The van der Waals surface area contributed by atoms with Crippen LogP contribution in [0.3, 0.4) is 0 Å². The average molecular weight is 402 g/mol. The van der Waals surface area contributed by atoms with Gasteiger partial charge in [0.25, 0.3) is 5.91 Å². The summed E-state index contributed by atoms with van der Waals surface area (Å²) in [5.74, 6) is -0.173. The molecule has 1 atom stereocenters. The molecule has 0 bridgehead atoms. The van der Waals surface area contributed by atoms with E-state index in [0.717, 1.165) is 5.56 Å². The van der Waals surface area contributed by atoms with E-state index in [2.05, 4.69) is 31.3 Å². The van der Waals surface area contributed by atoms with Gasteiger partial charge >= 0.3 is 0 Å². The minimum Gasteiger partial charge on any atom is -0.481 e. The molecule has 5 nitrogen and oxygen atoms in total. The summed E-state index contributed by atoms with van der Waals surface area (Å²) >= 11 is 0. The summed E-state index contributed by atoms with van der Waals surface area (Å²) in [7, 11) is 0. The highest BCUT2D eigenvalue weighted by Gasteiger charge is 2.23. The van der Waals surface area contributed by atoms with Crippen LogP contribution < -0.4 is 15.8 Å². The largest absolute Gasteiger partial charge is 0.481 e. The van der Waals surface area contributed by atoms with Gasteiger partial charge in [-0.05, 0) is 54.4 Å². The number of amides is 2. The van der Waals surface area contributed by atoms with Crippen LogP contribution in [0.5, 0.6) is 5.75 Å². The summed E-state index contributed by atoms with van der Waals surface area (Å²) in [5.41, 5.74) is 8.43. The van der Waals surface area contributed by atoms with Gasteiger partial charge in [0, 0.05) is 16.7 Å². The number of carbonyl (C=O) groups excluding carboxylic acids is 2. The zero-order chi connectivity index (χ0) is 21.7. The third-order valence-corrected chi connectivity index (χ3v) is 5.19. The van der Waals surface area contributed by atoms with Crippen molar-refractivity contribution in [2.45, 2.75) is 32.3 Å². The maximum absolute atomic E-state index is 12.4. The van der Waals surface area contributed by atoms with Crippen LogP contribution >= 0.6 is 0 Å². The van der Waals surface area contributed by atoms with Crippen molar-refractivity contribution in [3.63, 3.8) is 0 Å². The number of hydrogen-bond donors (Lipinski definition) is 2. The summed E-state index contributed by atoms with van der Waals surface area (Å²) in [5, 5.41) is 2.77. The molecule has 3 aromatic carbocycles. The third-order valence-electron chi connectivity index (χ3n) is 5.19. The fourth-order valence-corrected chi connectivity index (χ4v) is 3.19. The first-order valence-corrected chi connectivity index (χ1v) is 9.81. The Bertz CT molecular complexity index is 1010. The van der Waals surface area contributed by atoms with Gasteiger partial charge in [-0.15, -0.1) is 0 Å². The normalized spacial score (nSPS) is 12.1. The van der Waals surface area contributed by atoms with E-state index in [1.807, 2.05) is 42.5 Å². The van der Waals surface area contributed by atoms with Crippen molar-refractivity contribution in [3.8, 4) is 5.75 Å². The lowest BCUT2D eigenvalue weighted by Gasteiger charge is -2.26. The number of anilines is 1. The lowest BCUT2D eigenvalue weighted by atomic mass is 9.78. The molecule has 0 spiro atoms. The topological polar surface area (TPSA) is 81.4 Å². The minimum absolute atomic E-state index is 0.139. The number of nitrogens with one attached hydrogen (secondary N) is 1. The van der Waals surface area contributed by atoms with Crippen molar-refractivity contribution in [1.82, 2.24) is 0 Å². The molecule has 0 fully saturated rings. The summed E-state index contributed by atoms with van der Waals surface area (Å²) in [6.45, 7) is 6.05. The average Bonchev–Trinajstić information content (AvgIpc) is 2.75. The summed E-state index contributed by atoms with van der Waals surface area (Å²) in [6.07, 6.45) is -0.686. The van der Waals surface area contributed by atoms with Crippen LogP contribution in [0.15, 0.2) is 78.9 Å². The molecular weight excluding hydrogens is 376 g/mol. The molecule has 3 N–H and O–H groups in total. The van der Waals surface area contributed by atoms with Gasteiger partial charge in [-0.3, -0.25) is 9.59 Å². The molecule has 3 rings (SSSR count). The second-order valence-corrected chi connectivity index (χ2v) is 7.71. The number of hydrogen-bond acceptors (Lipinski definition) is 3. The fourth-order valence-electron chi connectivity index (χ4n) is 3.19. The van der Waals surface area contributed by atoms with E-state index in [-0.39, 0.29) is 11.3 Å². The molecule has 2 amide bonds. The van der Waals surface area contributed by atoms with E-state index < -0.39 is 12.0 Å². The molecular formula is C25H26N2O3. The monoisotopic (exact) mass is 402 g/mol. The molecule has 0 aliphatic carbocycles. The maximum atomic E-state index is 12.4. The summed E-state index contributed by atoms with van der Waals surface area (Å²) in [6, 6.07) is 24.5. The van der Waals surface area contributed by atoms with Crippen LogP contribution in [0, 0.1) is 0 Å². The molecule has 0 aromatic heterocycles. The van der Waals surface area contributed by atoms with Gasteiger partial charge in [0.05, 0.1) is 0 Å². The number of benzene rings is 3. The van der Waals surface area contributed by atoms with Crippen LogP contribution in [0.4, 0.5) is 5.69 Å². The van der Waals surface area contributed by atoms with Gasteiger partial charge < -0.3 is 15.8 Å². The van der Waals surface area contributed by atoms with E-state index in [1.165, 1.54) is 5.56 Å². The zero-order valence-electron chi connectivity index (χ0n) is 17.4. The fraction of sp³-hybridized carbons (Fsp3) is 0.200. The molecule has 5 heteroatoms. The Hall–Kier alpha value is -3.60. The van der Waals surface area contributed by atoms with Crippen molar-refractivity contribution in [2.75, 3.05) is 5.32 Å². The van der Waals surface area contributed by atoms with Crippen LogP contribution in [-0.2, 0) is 10.2 Å². The molecule has 0 heterocycles. The van der Waals surface area contributed by atoms with Gasteiger partial charge in [0.2, 0.25) is 5.91 Å². The van der Waals surface area contributed by atoms with E-state index in [4.69, 9.17) is 10.5 Å². The van der Waals surface area contributed by atoms with Crippen LogP contribution in [0.1, 0.15) is 42.3 Å². The molecule has 0 radical (unpaired) electrons. The van der Waals surface area contributed by atoms with E-state index in [0.29, 0.717) is 17.0 Å². The molecule has 3 aromatic rings. The second kappa shape index (κ2) is 8.82. The Kier molecular flexibility index (Phi) is 6.21. The first-order valence-electron chi connectivity index (χ1n) is 9.81. The molecule has 0 aliphatic rings. The summed E-state index contributed by atoms with van der Waals surface area (Å²) in [4.78, 5) is 23.5. The maximum Gasteiger partial charge on any atom is 0.265 e. The smallest absolute Gasteiger partial charge is 0.265 e.